The van der Waals surface area contributed by atoms with Gasteiger partial charge in [-0.1, -0.05) is 0 Å². The third kappa shape index (κ3) is 13.7. The van der Waals surface area contributed by atoms with Crippen LogP contribution in [0.5, 0.6) is 0 Å². The number of unbranched alkanes of at least 4 members (excludes halogenated alkanes) is 1. The molecule has 0 heterocycles. The highest BCUT2D eigenvalue weighted by Gasteiger charge is 2.25. The second-order valence-electron chi connectivity index (χ2n) is 4.78. The molecule has 0 aliphatic carbocycles. The minimum absolute atomic E-state index is 0.155. The summed E-state index contributed by atoms with van der Waals surface area (Å²) < 4.78 is 40.8. The molecule has 0 unspecified atom stereocenters. The summed E-state index contributed by atoms with van der Waals surface area (Å²) in [6.45, 7) is 7.79. The van der Waals surface area contributed by atoms with Crippen LogP contribution < -0.4 is 5.32 Å². The SMILES string of the molecule is CC(C)(C)OCCNCCCCC(F)(F)F. The molecule has 0 aromatic heterocycles. The number of hydrogen-bond donors (Lipinski definition) is 1. The van der Waals surface area contributed by atoms with Gasteiger partial charge in [0, 0.05) is 13.0 Å². The van der Waals surface area contributed by atoms with E-state index < -0.39 is 12.6 Å². The Hall–Kier alpha value is -0.290. The quantitative estimate of drug-likeness (QED) is 0.691. The van der Waals surface area contributed by atoms with Crippen molar-refractivity contribution in [3.8, 4) is 0 Å². The van der Waals surface area contributed by atoms with Crippen molar-refractivity contribution in [3.05, 3.63) is 0 Å². The van der Waals surface area contributed by atoms with Crippen LogP contribution in [0.15, 0.2) is 0 Å². The maximum Gasteiger partial charge on any atom is 0.389 e. The Labute approximate surface area is 95.5 Å². The molecule has 0 atom stereocenters. The predicted molar refractivity (Wildman–Crippen MR) is 58.5 cm³/mol. The minimum Gasteiger partial charge on any atom is -0.375 e. The summed E-state index contributed by atoms with van der Waals surface area (Å²) in [4.78, 5) is 0. The van der Waals surface area contributed by atoms with Gasteiger partial charge in [-0.2, -0.15) is 13.2 Å². The van der Waals surface area contributed by atoms with Crippen molar-refractivity contribution in [2.45, 2.75) is 51.8 Å². The Morgan fingerprint density at radius 1 is 1.00 bits per heavy atom. The topological polar surface area (TPSA) is 21.3 Å². The fraction of sp³-hybridized carbons (Fsp3) is 1.00. The molecule has 2 nitrogen and oxygen atoms in total. The van der Waals surface area contributed by atoms with Gasteiger partial charge in [-0.05, 0) is 40.2 Å². The van der Waals surface area contributed by atoms with Crippen molar-refractivity contribution >= 4 is 0 Å². The van der Waals surface area contributed by atoms with Crippen molar-refractivity contribution in [3.63, 3.8) is 0 Å². The molecule has 5 heteroatoms. The largest absolute Gasteiger partial charge is 0.389 e. The fourth-order valence-electron chi connectivity index (χ4n) is 1.13. The third-order valence-electron chi connectivity index (χ3n) is 1.88. The summed E-state index contributed by atoms with van der Waals surface area (Å²) in [5, 5.41) is 3.05. The average molecular weight is 241 g/mol. The van der Waals surface area contributed by atoms with E-state index in [-0.39, 0.29) is 12.0 Å². The second-order valence-corrected chi connectivity index (χ2v) is 4.78. The zero-order valence-corrected chi connectivity index (χ0v) is 10.3. The van der Waals surface area contributed by atoms with E-state index in [1.165, 1.54) is 0 Å². The van der Waals surface area contributed by atoms with Gasteiger partial charge < -0.3 is 10.1 Å². The Balaban J connectivity index is 3.17. The highest BCUT2D eigenvalue weighted by atomic mass is 19.4. The van der Waals surface area contributed by atoms with Crippen LogP contribution in [0.4, 0.5) is 13.2 Å². The zero-order valence-electron chi connectivity index (χ0n) is 10.3. The van der Waals surface area contributed by atoms with Gasteiger partial charge in [0.1, 0.15) is 0 Å². The first-order chi connectivity index (χ1) is 7.21. The molecule has 0 aliphatic heterocycles. The van der Waals surface area contributed by atoms with Crippen molar-refractivity contribution in [1.29, 1.82) is 0 Å². The Morgan fingerprint density at radius 2 is 1.62 bits per heavy atom. The maximum absolute atomic E-state index is 11.8. The summed E-state index contributed by atoms with van der Waals surface area (Å²) in [5.74, 6) is 0. The number of ether oxygens (including phenoxy) is 1. The average Bonchev–Trinajstić information content (AvgIpc) is 2.06. The van der Waals surface area contributed by atoms with Crippen LogP contribution in [-0.2, 0) is 4.74 Å². The zero-order chi connectivity index (χ0) is 12.7. The van der Waals surface area contributed by atoms with E-state index in [1.54, 1.807) is 0 Å². The summed E-state index contributed by atoms with van der Waals surface area (Å²) in [6.07, 6.45) is -3.96. The molecule has 16 heavy (non-hydrogen) atoms. The maximum atomic E-state index is 11.8. The van der Waals surface area contributed by atoms with Gasteiger partial charge in [-0.15, -0.1) is 0 Å². The molecular weight excluding hydrogens is 219 g/mol. The van der Waals surface area contributed by atoms with Gasteiger partial charge >= 0.3 is 6.18 Å². The standard InChI is InChI=1S/C11H22F3NO/c1-10(2,3)16-9-8-15-7-5-4-6-11(12,13)14/h15H,4-9H2,1-3H3. The van der Waals surface area contributed by atoms with Crippen LogP contribution in [-0.4, -0.2) is 31.5 Å². The highest BCUT2D eigenvalue weighted by Crippen LogP contribution is 2.21. The lowest BCUT2D eigenvalue weighted by Gasteiger charge is -2.19. The van der Waals surface area contributed by atoms with E-state index in [0.29, 0.717) is 26.1 Å². The Kier molecular flexibility index (Phi) is 6.99. The lowest BCUT2D eigenvalue weighted by molar-refractivity contribution is -0.135. The monoisotopic (exact) mass is 241 g/mol. The van der Waals surface area contributed by atoms with Gasteiger partial charge in [0.2, 0.25) is 0 Å². The molecule has 0 radical (unpaired) electrons. The molecular formula is C11H22F3NO. The van der Waals surface area contributed by atoms with Crippen LogP contribution in [0.3, 0.4) is 0 Å². The first kappa shape index (κ1) is 15.7. The highest BCUT2D eigenvalue weighted by molar-refractivity contribution is 4.59. The van der Waals surface area contributed by atoms with Crippen LogP contribution >= 0.6 is 0 Å². The van der Waals surface area contributed by atoms with E-state index in [1.807, 2.05) is 20.8 Å². The minimum atomic E-state index is -4.02. The lowest BCUT2D eigenvalue weighted by atomic mass is 10.2. The van der Waals surface area contributed by atoms with Gasteiger partial charge in [-0.3, -0.25) is 0 Å². The molecule has 0 fully saturated rings. The fourth-order valence-corrected chi connectivity index (χ4v) is 1.13. The van der Waals surface area contributed by atoms with E-state index in [2.05, 4.69) is 5.32 Å². The molecule has 0 bridgehead atoms. The molecule has 98 valence electrons. The third-order valence-corrected chi connectivity index (χ3v) is 1.88. The second kappa shape index (κ2) is 7.12. The van der Waals surface area contributed by atoms with E-state index in [9.17, 15) is 13.2 Å². The van der Waals surface area contributed by atoms with Gasteiger partial charge in [-0.25, -0.2) is 0 Å². The van der Waals surface area contributed by atoms with E-state index >= 15 is 0 Å². The number of rotatable bonds is 7. The molecule has 0 aromatic carbocycles. The van der Waals surface area contributed by atoms with Crippen molar-refractivity contribution < 1.29 is 17.9 Å². The molecule has 0 saturated heterocycles. The summed E-state index contributed by atoms with van der Waals surface area (Å²) in [5.41, 5.74) is -0.155. The van der Waals surface area contributed by atoms with Gasteiger partial charge in [0.05, 0.1) is 12.2 Å². The number of alkyl halides is 3. The van der Waals surface area contributed by atoms with Crippen LogP contribution in [0.25, 0.3) is 0 Å². The number of nitrogens with one attached hydrogen (secondary N) is 1. The molecule has 0 rings (SSSR count). The molecule has 0 aliphatic rings. The normalized spacial score (nSPS) is 13.1. The summed E-state index contributed by atoms with van der Waals surface area (Å²) in [7, 11) is 0. The Bertz CT molecular complexity index is 155. The molecule has 0 spiro atoms. The van der Waals surface area contributed by atoms with Crippen molar-refractivity contribution in [1.82, 2.24) is 5.32 Å². The van der Waals surface area contributed by atoms with Gasteiger partial charge in [0.25, 0.3) is 0 Å². The van der Waals surface area contributed by atoms with Crippen molar-refractivity contribution in [2.24, 2.45) is 0 Å². The molecule has 0 amide bonds. The van der Waals surface area contributed by atoms with Crippen molar-refractivity contribution in [2.75, 3.05) is 19.7 Å². The molecule has 0 aromatic rings. The predicted octanol–water partition coefficient (Wildman–Crippen LogP) is 3.12. The molecule has 1 N–H and O–H groups in total. The van der Waals surface area contributed by atoms with Crippen LogP contribution in [0, 0.1) is 0 Å². The first-order valence-corrected chi connectivity index (χ1v) is 5.62. The van der Waals surface area contributed by atoms with E-state index in [0.717, 1.165) is 0 Å². The smallest absolute Gasteiger partial charge is 0.375 e. The number of halogens is 3. The Morgan fingerprint density at radius 3 is 2.12 bits per heavy atom. The van der Waals surface area contributed by atoms with Crippen LogP contribution in [0.2, 0.25) is 0 Å². The van der Waals surface area contributed by atoms with E-state index in [4.69, 9.17) is 4.74 Å². The number of hydrogen-bond acceptors (Lipinski definition) is 2. The van der Waals surface area contributed by atoms with Crippen LogP contribution in [0.1, 0.15) is 40.0 Å². The summed E-state index contributed by atoms with van der Waals surface area (Å²) in [6, 6.07) is 0. The van der Waals surface area contributed by atoms with Gasteiger partial charge in [0.15, 0.2) is 0 Å². The summed E-state index contributed by atoms with van der Waals surface area (Å²) >= 11 is 0. The molecule has 0 saturated carbocycles. The first-order valence-electron chi connectivity index (χ1n) is 5.62. The lowest BCUT2D eigenvalue weighted by Crippen LogP contribution is -2.27.